The standard InChI is InChI=1S/C12H26N2O2/c1-5-8-11(4,16)9-14-10(15)12(13,6-2)7-3/h16H,5-9,13H2,1-4H3,(H,14,15). The summed E-state index contributed by atoms with van der Waals surface area (Å²) >= 11 is 0. The van der Waals surface area contributed by atoms with E-state index in [1.54, 1.807) is 6.92 Å². The molecule has 96 valence electrons. The van der Waals surface area contributed by atoms with Gasteiger partial charge >= 0.3 is 0 Å². The minimum absolute atomic E-state index is 0.172. The van der Waals surface area contributed by atoms with Crippen molar-refractivity contribution in [2.45, 2.75) is 64.5 Å². The zero-order valence-electron chi connectivity index (χ0n) is 11.0. The molecule has 1 amide bonds. The lowest BCUT2D eigenvalue weighted by Gasteiger charge is -2.29. The summed E-state index contributed by atoms with van der Waals surface area (Å²) in [5.41, 5.74) is 4.31. The van der Waals surface area contributed by atoms with Gasteiger partial charge in [0, 0.05) is 6.54 Å². The maximum atomic E-state index is 11.8. The van der Waals surface area contributed by atoms with Gasteiger partial charge in [-0.2, -0.15) is 0 Å². The average molecular weight is 230 g/mol. The van der Waals surface area contributed by atoms with E-state index in [-0.39, 0.29) is 12.5 Å². The molecule has 0 bridgehead atoms. The van der Waals surface area contributed by atoms with Crippen LogP contribution in [0.3, 0.4) is 0 Å². The maximum Gasteiger partial charge on any atom is 0.240 e. The number of rotatable bonds is 7. The van der Waals surface area contributed by atoms with Gasteiger partial charge in [0.2, 0.25) is 5.91 Å². The van der Waals surface area contributed by atoms with Gasteiger partial charge in [0.25, 0.3) is 0 Å². The molecule has 0 saturated carbocycles. The summed E-state index contributed by atoms with van der Waals surface area (Å²) in [6.07, 6.45) is 2.76. The van der Waals surface area contributed by atoms with Crippen LogP contribution < -0.4 is 11.1 Å². The number of carbonyl (C=O) groups is 1. The quantitative estimate of drug-likeness (QED) is 0.614. The van der Waals surface area contributed by atoms with E-state index in [9.17, 15) is 9.90 Å². The smallest absolute Gasteiger partial charge is 0.240 e. The Morgan fingerprint density at radius 2 is 1.81 bits per heavy atom. The van der Waals surface area contributed by atoms with Crippen molar-refractivity contribution in [1.82, 2.24) is 5.32 Å². The Labute approximate surface area is 98.6 Å². The lowest BCUT2D eigenvalue weighted by molar-refractivity contribution is -0.127. The predicted molar refractivity (Wildman–Crippen MR) is 66.0 cm³/mol. The minimum Gasteiger partial charge on any atom is -0.388 e. The Kier molecular flexibility index (Phi) is 5.97. The second-order valence-electron chi connectivity index (χ2n) is 4.79. The summed E-state index contributed by atoms with van der Waals surface area (Å²) in [5, 5.41) is 12.7. The van der Waals surface area contributed by atoms with Crippen LogP contribution in [0.2, 0.25) is 0 Å². The van der Waals surface area contributed by atoms with Gasteiger partial charge in [-0.05, 0) is 26.2 Å². The van der Waals surface area contributed by atoms with Crippen LogP contribution in [0.4, 0.5) is 0 Å². The minimum atomic E-state index is -0.840. The second kappa shape index (κ2) is 6.21. The molecule has 0 aromatic rings. The molecule has 0 aliphatic carbocycles. The molecule has 1 atom stereocenters. The first-order valence-electron chi connectivity index (χ1n) is 6.11. The normalized spacial score (nSPS) is 15.6. The van der Waals surface area contributed by atoms with Gasteiger partial charge in [-0.15, -0.1) is 0 Å². The fraction of sp³-hybridized carbons (Fsp3) is 0.917. The third-order valence-electron chi connectivity index (χ3n) is 3.13. The highest BCUT2D eigenvalue weighted by Gasteiger charge is 2.31. The number of carbonyl (C=O) groups excluding carboxylic acids is 1. The largest absolute Gasteiger partial charge is 0.388 e. The van der Waals surface area contributed by atoms with E-state index in [2.05, 4.69) is 5.32 Å². The summed E-state index contributed by atoms with van der Waals surface area (Å²) in [5.74, 6) is -0.172. The van der Waals surface area contributed by atoms with Crippen molar-refractivity contribution in [2.75, 3.05) is 6.54 Å². The molecule has 0 aliphatic rings. The third-order valence-corrected chi connectivity index (χ3v) is 3.13. The summed E-state index contributed by atoms with van der Waals surface area (Å²) in [7, 11) is 0. The van der Waals surface area contributed by atoms with Gasteiger partial charge in [0.15, 0.2) is 0 Å². The molecule has 0 rings (SSSR count). The molecule has 0 spiro atoms. The van der Waals surface area contributed by atoms with Crippen LogP contribution in [0.1, 0.15) is 53.4 Å². The lowest BCUT2D eigenvalue weighted by Crippen LogP contribution is -2.55. The highest BCUT2D eigenvalue weighted by molar-refractivity contribution is 5.85. The van der Waals surface area contributed by atoms with Gasteiger partial charge in [-0.1, -0.05) is 27.2 Å². The Morgan fingerprint density at radius 3 is 2.19 bits per heavy atom. The molecule has 4 heteroatoms. The van der Waals surface area contributed by atoms with Crippen molar-refractivity contribution in [2.24, 2.45) is 5.73 Å². The van der Waals surface area contributed by atoms with Gasteiger partial charge in [-0.3, -0.25) is 4.79 Å². The Balaban J connectivity index is 4.26. The fourth-order valence-electron chi connectivity index (χ4n) is 1.64. The molecule has 4 N–H and O–H groups in total. The van der Waals surface area contributed by atoms with Crippen LogP contribution in [0, 0.1) is 0 Å². The van der Waals surface area contributed by atoms with Gasteiger partial charge < -0.3 is 16.2 Å². The van der Waals surface area contributed by atoms with Gasteiger partial charge in [0.05, 0.1) is 11.1 Å². The molecule has 0 fully saturated rings. The van der Waals surface area contributed by atoms with E-state index in [4.69, 9.17) is 5.73 Å². The molecule has 16 heavy (non-hydrogen) atoms. The van der Waals surface area contributed by atoms with Crippen LogP contribution >= 0.6 is 0 Å². The van der Waals surface area contributed by atoms with Crippen molar-refractivity contribution < 1.29 is 9.90 Å². The van der Waals surface area contributed by atoms with E-state index >= 15 is 0 Å². The monoisotopic (exact) mass is 230 g/mol. The summed E-state index contributed by atoms with van der Waals surface area (Å²) in [6, 6.07) is 0. The summed E-state index contributed by atoms with van der Waals surface area (Å²) < 4.78 is 0. The molecule has 0 saturated heterocycles. The van der Waals surface area contributed by atoms with E-state index < -0.39 is 11.1 Å². The SMILES string of the molecule is CCCC(C)(O)CNC(=O)C(N)(CC)CC. The number of aliphatic hydroxyl groups is 1. The highest BCUT2D eigenvalue weighted by Crippen LogP contribution is 2.13. The zero-order chi connectivity index (χ0) is 12.8. The molecule has 0 aromatic carbocycles. The average Bonchev–Trinajstić information content (AvgIpc) is 2.24. The number of nitrogens with one attached hydrogen (secondary N) is 1. The number of amides is 1. The van der Waals surface area contributed by atoms with Crippen LogP contribution in [0.25, 0.3) is 0 Å². The Bertz CT molecular complexity index is 223. The van der Waals surface area contributed by atoms with E-state index in [0.29, 0.717) is 19.3 Å². The van der Waals surface area contributed by atoms with E-state index in [0.717, 1.165) is 6.42 Å². The first-order chi connectivity index (χ1) is 7.31. The highest BCUT2D eigenvalue weighted by atomic mass is 16.3. The first-order valence-corrected chi connectivity index (χ1v) is 6.11. The molecule has 0 aromatic heterocycles. The predicted octanol–water partition coefficient (Wildman–Crippen LogP) is 1.17. The van der Waals surface area contributed by atoms with Crippen LogP contribution in [0.5, 0.6) is 0 Å². The van der Waals surface area contributed by atoms with Crippen LogP contribution in [0.15, 0.2) is 0 Å². The molecule has 0 radical (unpaired) electrons. The van der Waals surface area contributed by atoms with Crippen molar-refractivity contribution in [3.05, 3.63) is 0 Å². The molecule has 0 aliphatic heterocycles. The van der Waals surface area contributed by atoms with Crippen LogP contribution in [-0.4, -0.2) is 28.7 Å². The number of hydrogen-bond acceptors (Lipinski definition) is 3. The summed E-state index contributed by atoms with van der Waals surface area (Å²) in [6.45, 7) is 7.79. The van der Waals surface area contributed by atoms with Crippen molar-refractivity contribution in [3.8, 4) is 0 Å². The third kappa shape index (κ3) is 4.49. The van der Waals surface area contributed by atoms with Crippen molar-refractivity contribution in [1.29, 1.82) is 0 Å². The first kappa shape index (κ1) is 15.4. The van der Waals surface area contributed by atoms with E-state index in [1.807, 2.05) is 20.8 Å². The van der Waals surface area contributed by atoms with Gasteiger partial charge in [0.1, 0.15) is 0 Å². The molecular formula is C12H26N2O2. The second-order valence-corrected chi connectivity index (χ2v) is 4.79. The van der Waals surface area contributed by atoms with Crippen LogP contribution in [-0.2, 0) is 4.79 Å². The number of nitrogens with two attached hydrogens (primary N) is 1. The lowest BCUT2D eigenvalue weighted by atomic mass is 9.92. The topological polar surface area (TPSA) is 75.3 Å². The fourth-order valence-corrected chi connectivity index (χ4v) is 1.64. The molecular weight excluding hydrogens is 204 g/mol. The van der Waals surface area contributed by atoms with Crippen molar-refractivity contribution in [3.63, 3.8) is 0 Å². The Morgan fingerprint density at radius 1 is 1.31 bits per heavy atom. The summed E-state index contributed by atoms with van der Waals surface area (Å²) in [4.78, 5) is 11.8. The molecule has 1 unspecified atom stereocenters. The number of hydrogen-bond donors (Lipinski definition) is 3. The van der Waals surface area contributed by atoms with E-state index in [1.165, 1.54) is 0 Å². The maximum absolute atomic E-state index is 11.8. The molecule has 0 heterocycles. The Hall–Kier alpha value is -0.610. The van der Waals surface area contributed by atoms with Crippen molar-refractivity contribution >= 4 is 5.91 Å². The van der Waals surface area contributed by atoms with Gasteiger partial charge in [-0.25, -0.2) is 0 Å². The molecule has 4 nitrogen and oxygen atoms in total. The zero-order valence-corrected chi connectivity index (χ0v) is 11.0.